The van der Waals surface area contributed by atoms with Gasteiger partial charge in [0.05, 0.1) is 12.0 Å². The normalized spacial score (nSPS) is 12.5. The van der Waals surface area contributed by atoms with Gasteiger partial charge >= 0.3 is 0 Å². The lowest BCUT2D eigenvalue weighted by Gasteiger charge is -2.24. The summed E-state index contributed by atoms with van der Waals surface area (Å²) < 4.78 is 5.42. The average molecular weight is 307 g/mol. The van der Waals surface area contributed by atoms with Crippen molar-refractivity contribution in [3.63, 3.8) is 0 Å². The third kappa shape index (κ3) is 4.05. The van der Waals surface area contributed by atoms with Gasteiger partial charge in [0.15, 0.2) is 0 Å². The smallest absolute Gasteiger partial charge is 0.133 e. The highest BCUT2D eigenvalue weighted by molar-refractivity contribution is 5.57. The number of furan rings is 1. The van der Waals surface area contributed by atoms with Crippen molar-refractivity contribution in [2.24, 2.45) is 0 Å². The van der Waals surface area contributed by atoms with Gasteiger partial charge in [-0.2, -0.15) is 0 Å². The summed E-state index contributed by atoms with van der Waals surface area (Å²) in [5.74, 6) is 0.904. The van der Waals surface area contributed by atoms with Crippen LogP contribution in [0.3, 0.4) is 0 Å². The van der Waals surface area contributed by atoms with Gasteiger partial charge < -0.3 is 4.42 Å². The summed E-state index contributed by atoms with van der Waals surface area (Å²) in [5.41, 5.74) is 3.42. The van der Waals surface area contributed by atoms with Crippen molar-refractivity contribution in [1.29, 1.82) is 0 Å². The van der Waals surface area contributed by atoms with Crippen LogP contribution in [0.5, 0.6) is 0 Å². The molecule has 118 valence electrons. The number of hydrogen-bond donors (Lipinski definition) is 0. The summed E-state index contributed by atoms with van der Waals surface area (Å²) >= 11 is 0. The zero-order valence-electron chi connectivity index (χ0n) is 13.5. The van der Waals surface area contributed by atoms with Gasteiger partial charge in [0.1, 0.15) is 5.76 Å². The molecule has 1 aromatic carbocycles. The van der Waals surface area contributed by atoms with Crippen molar-refractivity contribution in [2.45, 2.75) is 25.9 Å². The second-order valence-corrected chi connectivity index (χ2v) is 5.84. The topological polar surface area (TPSA) is 42.2 Å². The van der Waals surface area contributed by atoms with E-state index < -0.39 is 0 Å². The monoisotopic (exact) mass is 307 g/mol. The number of rotatable bonds is 6. The maximum absolute atomic E-state index is 5.42. The zero-order chi connectivity index (χ0) is 16.1. The molecule has 4 nitrogen and oxygen atoms in total. The van der Waals surface area contributed by atoms with E-state index in [1.165, 1.54) is 5.56 Å². The van der Waals surface area contributed by atoms with E-state index in [0.717, 1.165) is 30.0 Å². The lowest BCUT2D eigenvalue weighted by atomic mass is 10.1. The molecule has 0 bridgehead atoms. The molecule has 0 saturated heterocycles. The molecule has 0 N–H and O–H groups in total. The summed E-state index contributed by atoms with van der Waals surface area (Å²) in [5, 5.41) is 0. The predicted molar refractivity (Wildman–Crippen MR) is 90.8 cm³/mol. The van der Waals surface area contributed by atoms with E-state index in [1.807, 2.05) is 18.3 Å². The maximum Gasteiger partial charge on any atom is 0.133 e. The van der Waals surface area contributed by atoms with Gasteiger partial charge in [-0.15, -0.1) is 0 Å². The Morgan fingerprint density at radius 2 is 1.96 bits per heavy atom. The van der Waals surface area contributed by atoms with Crippen LogP contribution >= 0.6 is 0 Å². The molecule has 0 unspecified atom stereocenters. The third-order valence-electron chi connectivity index (χ3n) is 4.07. The molecular formula is C19H21N3O. The summed E-state index contributed by atoms with van der Waals surface area (Å²) in [4.78, 5) is 10.8. The van der Waals surface area contributed by atoms with Crippen LogP contribution in [-0.4, -0.2) is 28.0 Å². The number of nitrogens with zero attached hydrogens (tertiary/aromatic N) is 3. The molecule has 0 amide bonds. The molecule has 0 radical (unpaired) electrons. The van der Waals surface area contributed by atoms with Crippen LogP contribution in [0.15, 0.2) is 65.7 Å². The molecule has 3 rings (SSSR count). The fourth-order valence-electron chi connectivity index (χ4n) is 2.55. The minimum absolute atomic E-state index is 0.399. The molecule has 0 saturated carbocycles. The highest BCUT2D eigenvalue weighted by Crippen LogP contribution is 2.20. The van der Waals surface area contributed by atoms with Crippen LogP contribution in [0, 0.1) is 0 Å². The quantitative estimate of drug-likeness (QED) is 0.694. The van der Waals surface area contributed by atoms with Crippen LogP contribution in [0.2, 0.25) is 0 Å². The molecule has 1 atom stereocenters. The highest BCUT2D eigenvalue weighted by atomic mass is 16.3. The van der Waals surface area contributed by atoms with Crippen molar-refractivity contribution < 1.29 is 4.42 Å². The lowest BCUT2D eigenvalue weighted by molar-refractivity contribution is 0.246. The van der Waals surface area contributed by atoms with Crippen LogP contribution in [0.1, 0.15) is 18.2 Å². The Hall–Kier alpha value is -2.46. The van der Waals surface area contributed by atoms with E-state index in [2.05, 4.69) is 53.1 Å². The number of hydrogen-bond acceptors (Lipinski definition) is 4. The minimum Gasteiger partial charge on any atom is -0.464 e. The first kappa shape index (κ1) is 15.4. The first-order valence-corrected chi connectivity index (χ1v) is 7.80. The van der Waals surface area contributed by atoms with E-state index in [9.17, 15) is 0 Å². The first-order valence-electron chi connectivity index (χ1n) is 7.80. The Morgan fingerprint density at radius 3 is 2.61 bits per heavy atom. The molecule has 3 aromatic rings. The Balaban J connectivity index is 1.60. The SMILES string of the molecule is C[C@H](Cc1cnccn1)N(C)Cc1ccc(-c2ccco2)cc1. The number of benzene rings is 1. The van der Waals surface area contributed by atoms with E-state index in [-0.39, 0.29) is 0 Å². The minimum atomic E-state index is 0.399. The molecule has 0 aliphatic carbocycles. The Kier molecular flexibility index (Phi) is 4.83. The summed E-state index contributed by atoms with van der Waals surface area (Å²) in [7, 11) is 2.14. The molecule has 0 aliphatic rings. The van der Waals surface area contributed by atoms with Crippen molar-refractivity contribution in [3.05, 3.63) is 72.5 Å². The van der Waals surface area contributed by atoms with Gasteiger partial charge in [0.2, 0.25) is 0 Å². The first-order chi connectivity index (χ1) is 11.2. The molecule has 0 spiro atoms. The molecule has 0 aliphatic heterocycles. The van der Waals surface area contributed by atoms with E-state index in [0.29, 0.717) is 6.04 Å². The van der Waals surface area contributed by atoms with Crippen LogP contribution in [0.25, 0.3) is 11.3 Å². The van der Waals surface area contributed by atoms with Crippen LogP contribution in [-0.2, 0) is 13.0 Å². The molecule has 0 fully saturated rings. The van der Waals surface area contributed by atoms with Gasteiger partial charge in [-0.05, 0) is 31.7 Å². The third-order valence-corrected chi connectivity index (χ3v) is 4.07. The van der Waals surface area contributed by atoms with Gasteiger partial charge in [-0.1, -0.05) is 24.3 Å². The van der Waals surface area contributed by atoms with E-state index in [1.54, 1.807) is 18.7 Å². The fraction of sp³-hybridized carbons (Fsp3) is 0.263. The molecule has 2 heterocycles. The largest absolute Gasteiger partial charge is 0.464 e. The van der Waals surface area contributed by atoms with Gasteiger partial charge in [0, 0.05) is 43.2 Å². The Morgan fingerprint density at radius 1 is 1.13 bits per heavy atom. The average Bonchev–Trinajstić information content (AvgIpc) is 3.11. The molecular weight excluding hydrogens is 286 g/mol. The van der Waals surface area contributed by atoms with Crippen molar-refractivity contribution in [3.8, 4) is 11.3 Å². The van der Waals surface area contributed by atoms with Crippen LogP contribution in [0.4, 0.5) is 0 Å². The van der Waals surface area contributed by atoms with E-state index >= 15 is 0 Å². The van der Waals surface area contributed by atoms with Gasteiger partial charge in [0.25, 0.3) is 0 Å². The summed E-state index contributed by atoms with van der Waals surface area (Å²) in [6, 6.07) is 12.8. The summed E-state index contributed by atoms with van der Waals surface area (Å²) in [6.07, 6.45) is 7.89. The molecule has 2 aromatic heterocycles. The fourth-order valence-corrected chi connectivity index (χ4v) is 2.55. The van der Waals surface area contributed by atoms with Crippen LogP contribution < -0.4 is 0 Å². The number of aromatic nitrogens is 2. The molecule has 23 heavy (non-hydrogen) atoms. The Bertz CT molecular complexity index is 708. The van der Waals surface area contributed by atoms with E-state index in [4.69, 9.17) is 4.42 Å². The second kappa shape index (κ2) is 7.20. The molecule has 4 heteroatoms. The Labute approximate surface area is 136 Å². The maximum atomic E-state index is 5.42. The van der Waals surface area contributed by atoms with Crippen molar-refractivity contribution in [2.75, 3.05) is 7.05 Å². The predicted octanol–water partition coefficient (Wildman–Crippen LogP) is 3.80. The number of likely N-dealkylation sites (N-methyl/N-ethyl adjacent to an activating group) is 1. The second-order valence-electron chi connectivity index (χ2n) is 5.84. The zero-order valence-corrected chi connectivity index (χ0v) is 13.5. The van der Waals surface area contributed by atoms with Gasteiger partial charge in [-0.25, -0.2) is 0 Å². The van der Waals surface area contributed by atoms with Crippen molar-refractivity contribution in [1.82, 2.24) is 14.9 Å². The summed E-state index contributed by atoms with van der Waals surface area (Å²) in [6.45, 7) is 3.12. The van der Waals surface area contributed by atoms with Gasteiger partial charge in [-0.3, -0.25) is 14.9 Å². The highest BCUT2D eigenvalue weighted by Gasteiger charge is 2.11. The standard InChI is InChI=1S/C19H21N3O/c1-15(12-18-13-20-9-10-21-18)22(2)14-16-5-7-17(8-6-16)19-4-3-11-23-19/h3-11,13,15H,12,14H2,1-2H3/t15-/m1/s1. The lowest BCUT2D eigenvalue weighted by Crippen LogP contribution is -2.30. The van der Waals surface area contributed by atoms with Crippen molar-refractivity contribution >= 4 is 0 Å².